The minimum atomic E-state index is 0.901. The van der Waals surface area contributed by atoms with Crippen LogP contribution >= 0.6 is 0 Å². The SMILES string of the molecule is c1ccc(Cc2cncc3c2[nH]c2ccccc23)cc1. The Hall–Kier alpha value is -2.61. The van der Waals surface area contributed by atoms with Crippen molar-refractivity contribution in [3.63, 3.8) is 0 Å². The predicted octanol–water partition coefficient (Wildman–Crippen LogP) is 4.31. The van der Waals surface area contributed by atoms with E-state index in [9.17, 15) is 0 Å². The van der Waals surface area contributed by atoms with Crippen LogP contribution in [0.4, 0.5) is 0 Å². The Bertz CT molecular complexity index is 876. The first-order valence-corrected chi connectivity index (χ1v) is 6.79. The van der Waals surface area contributed by atoms with Crippen molar-refractivity contribution in [1.82, 2.24) is 9.97 Å². The van der Waals surface area contributed by atoms with Gasteiger partial charge in [0.25, 0.3) is 0 Å². The standard InChI is InChI=1S/C18H14N2/c1-2-6-13(7-3-1)10-14-11-19-12-16-15-8-4-5-9-17(15)20-18(14)16/h1-9,11-12,20H,10H2. The largest absolute Gasteiger partial charge is 0.354 e. The average Bonchev–Trinajstić information content (AvgIpc) is 2.88. The van der Waals surface area contributed by atoms with Gasteiger partial charge < -0.3 is 4.98 Å². The quantitative estimate of drug-likeness (QED) is 0.570. The van der Waals surface area contributed by atoms with Crippen molar-refractivity contribution in [2.24, 2.45) is 0 Å². The Labute approximate surface area is 117 Å². The van der Waals surface area contributed by atoms with E-state index in [1.165, 1.54) is 32.9 Å². The van der Waals surface area contributed by atoms with Crippen LogP contribution in [0.25, 0.3) is 21.8 Å². The van der Waals surface area contributed by atoms with Gasteiger partial charge in [0.05, 0.1) is 5.52 Å². The molecule has 0 saturated carbocycles. The van der Waals surface area contributed by atoms with E-state index in [-0.39, 0.29) is 0 Å². The summed E-state index contributed by atoms with van der Waals surface area (Å²) in [6.07, 6.45) is 4.81. The molecule has 1 N–H and O–H groups in total. The molecule has 0 aliphatic rings. The van der Waals surface area contributed by atoms with Crippen LogP contribution in [-0.4, -0.2) is 9.97 Å². The van der Waals surface area contributed by atoms with Crippen molar-refractivity contribution in [2.45, 2.75) is 6.42 Å². The van der Waals surface area contributed by atoms with E-state index in [1.807, 2.05) is 18.5 Å². The van der Waals surface area contributed by atoms with Crippen molar-refractivity contribution in [1.29, 1.82) is 0 Å². The maximum atomic E-state index is 4.41. The van der Waals surface area contributed by atoms with E-state index < -0.39 is 0 Å². The van der Waals surface area contributed by atoms with Crippen molar-refractivity contribution in [3.05, 3.63) is 78.1 Å². The van der Waals surface area contributed by atoms with Gasteiger partial charge in [-0.3, -0.25) is 4.98 Å². The number of nitrogens with one attached hydrogen (secondary N) is 1. The summed E-state index contributed by atoms with van der Waals surface area (Å²) in [5.41, 5.74) is 4.92. The Morgan fingerprint density at radius 3 is 2.50 bits per heavy atom. The van der Waals surface area contributed by atoms with Crippen molar-refractivity contribution in [3.8, 4) is 0 Å². The molecule has 2 nitrogen and oxygen atoms in total. The minimum absolute atomic E-state index is 0.901. The summed E-state index contributed by atoms with van der Waals surface area (Å²) < 4.78 is 0. The van der Waals surface area contributed by atoms with E-state index in [2.05, 4.69) is 58.5 Å². The number of hydrogen-bond donors (Lipinski definition) is 1. The molecule has 4 rings (SSSR count). The zero-order chi connectivity index (χ0) is 13.4. The number of rotatable bonds is 2. The Kier molecular flexibility index (Phi) is 2.52. The molecule has 0 amide bonds. The normalized spacial score (nSPS) is 11.2. The fraction of sp³-hybridized carbons (Fsp3) is 0.0556. The summed E-state index contributed by atoms with van der Waals surface area (Å²) >= 11 is 0. The molecule has 0 unspecified atom stereocenters. The Balaban J connectivity index is 1.91. The number of pyridine rings is 1. The van der Waals surface area contributed by atoms with Crippen LogP contribution in [0.15, 0.2) is 67.0 Å². The zero-order valence-electron chi connectivity index (χ0n) is 11.0. The second-order valence-electron chi connectivity index (χ2n) is 5.05. The highest BCUT2D eigenvalue weighted by molar-refractivity contribution is 6.07. The third-order valence-electron chi connectivity index (χ3n) is 3.74. The fourth-order valence-electron chi connectivity index (χ4n) is 2.77. The number of benzene rings is 2. The summed E-state index contributed by atoms with van der Waals surface area (Å²) in [5, 5.41) is 2.44. The molecule has 0 aliphatic carbocycles. The lowest BCUT2D eigenvalue weighted by molar-refractivity contribution is 1.16. The van der Waals surface area contributed by atoms with E-state index >= 15 is 0 Å². The van der Waals surface area contributed by atoms with Crippen LogP contribution in [0.5, 0.6) is 0 Å². The number of hydrogen-bond acceptors (Lipinski definition) is 1. The third-order valence-corrected chi connectivity index (χ3v) is 3.74. The van der Waals surface area contributed by atoms with E-state index in [0.29, 0.717) is 0 Å². The van der Waals surface area contributed by atoms with Gasteiger partial charge in [0.15, 0.2) is 0 Å². The van der Waals surface area contributed by atoms with Crippen molar-refractivity contribution in [2.75, 3.05) is 0 Å². The summed E-state index contributed by atoms with van der Waals surface area (Å²) in [6.45, 7) is 0. The van der Waals surface area contributed by atoms with Gasteiger partial charge in [-0.05, 0) is 17.2 Å². The number of para-hydroxylation sites is 1. The molecule has 2 heteroatoms. The molecule has 4 aromatic rings. The van der Waals surface area contributed by atoms with Gasteiger partial charge in [0.2, 0.25) is 0 Å². The van der Waals surface area contributed by atoms with Gasteiger partial charge in [-0.15, -0.1) is 0 Å². The molecule has 0 radical (unpaired) electrons. The van der Waals surface area contributed by atoms with Gasteiger partial charge in [0, 0.05) is 35.1 Å². The fourth-order valence-corrected chi connectivity index (χ4v) is 2.77. The smallest absolute Gasteiger partial charge is 0.0531 e. The lowest BCUT2D eigenvalue weighted by atomic mass is 10.0. The van der Waals surface area contributed by atoms with E-state index in [4.69, 9.17) is 0 Å². The maximum absolute atomic E-state index is 4.41. The number of H-pyrrole nitrogens is 1. The Morgan fingerprint density at radius 1 is 0.800 bits per heavy atom. The van der Waals surface area contributed by atoms with E-state index in [0.717, 1.165) is 6.42 Å². The van der Waals surface area contributed by atoms with Crippen LogP contribution in [0.2, 0.25) is 0 Å². The predicted molar refractivity (Wildman–Crippen MR) is 82.8 cm³/mol. The van der Waals surface area contributed by atoms with Gasteiger partial charge in [0.1, 0.15) is 0 Å². The summed E-state index contributed by atoms with van der Waals surface area (Å²) in [7, 11) is 0. The minimum Gasteiger partial charge on any atom is -0.354 e. The van der Waals surface area contributed by atoms with Gasteiger partial charge in [-0.2, -0.15) is 0 Å². The molecule has 0 atom stereocenters. The molecular weight excluding hydrogens is 244 g/mol. The molecule has 0 aliphatic heterocycles. The molecule has 0 saturated heterocycles. The zero-order valence-corrected chi connectivity index (χ0v) is 11.0. The molecule has 2 heterocycles. The molecule has 2 aromatic heterocycles. The highest BCUT2D eigenvalue weighted by atomic mass is 14.7. The second-order valence-corrected chi connectivity index (χ2v) is 5.05. The van der Waals surface area contributed by atoms with Gasteiger partial charge >= 0.3 is 0 Å². The first-order chi connectivity index (χ1) is 9.92. The van der Waals surface area contributed by atoms with E-state index in [1.54, 1.807) is 0 Å². The van der Waals surface area contributed by atoms with Crippen LogP contribution in [-0.2, 0) is 6.42 Å². The van der Waals surface area contributed by atoms with Gasteiger partial charge in [-0.25, -0.2) is 0 Å². The molecule has 20 heavy (non-hydrogen) atoms. The Morgan fingerprint density at radius 2 is 1.60 bits per heavy atom. The molecule has 0 fully saturated rings. The summed E-state index contributed by atoms with van der Waals surface area (Å²) in [6, 6.07) is 18.9. The topological polar surface area (TPSA) is 28.7 Å². The highest BCUT2D eigenvalue weighted by Gasteiger charge is 2.08. The van der Waals surface area contributed by atoms with Gasteiger partial charge in [-0.1, -0.05) is 48.5 Å². The molecular formula is C18H14N2. The molecule has 0 spiro atoms. The average molecular weight is 258 g/mol. The lowest BCUT2D eigenvalue weighted by Gasteiger charge is -2.03. The number of fused-ring (bicyclic) bond motifs is 3. The molecule has 2 aromatic carbocycles. The summed E-state index contributed by atoms with van der Waals surface area (Å²) in [5.74, 6) is 0. The monoisotopic (exact) mass is 258 g/mol. The van der Waals surface area contributed by atoms with Crippen LogP contribution in [0, 0.1) is 0 Å². The number of aromatic nitrogens is 2. The number of aromatic amines is 1. The van der Waals surface area contributed by atoms with Crippen molar-refractivity contribution >= 4 is 21.8 Å². The maximum Gasteiger partial charge on any atom is 0.0531 e. The number of nitrogens with zero attached hydrogens (tertiary/aromatic N) is 1. The van der Waals surface area contributed by atoms with Crippen LogP contribution in [0.1, 0.15) is 11.1 Å². The molecule has 96 valence electrons. The highest BCUT2D eigenvalue weighted by Crippen LogP contribution is 2.27. The second kappa shape index (κ2) is 4.49. The lowest BCUT2D eigenvalue weighted by Crippen LogP contribution is -1.90. The van der Waals surface area contributed by atoms with Crippen LogP contribution < -0.4 is 0 Å². The third kappa shape index (κ3) is 1.77. The first kappa shape index (κ1) is 11.2. The van der Waals surface area contributed by atoms with Crippen molar-refractivity contribution < 1.29 is 0 Å². The molecule has 0 bridgehead atoms. The summed E-state index contributed by atoms with van der Waals surface area (Å²) in [4.78, 5) is 7.94. The first-order valence-electron chi connectivity index (χ1n) is 6.79. The van der Waals surface area contributed by atoms with Crippen LogP contribution in [0.3, 0.4) is 0 Å².